The van der Waals surface area contributed by atoms with E-state index in [1.54, 1.807) is 7.11 Å². The van der Waals surface area contributed by atoms with E-state index in [0.717, 1.165) is 62.3 Å². The van der Waals surface area contributed by atoms with Crippen molar-refractivity contribution in [3.05, 3.63) is 48.2 Å². The molecule has 0 amide bonds. The number of rotatable bonds is 9. The van der Waals surface area contributed by atoms with Gasteiger partial charge in [-0.05, 0) is 49.8 Å². The molecule has 1 fully saturated rings. The van der Waals surface area contributed by atoms with E-state index in [1.807, 2.05) is 42.6 Å². The average molecular weight is 554 g/mol. The van der Waals surface area contributed by atoms with Crippen LogP contribution in [0.1, 0.15) is 31.7 Å². The van der Waals surface area contributed by atoms with Gasteiger partial charge in [-0.15, -0.1) is 24.0 Å². The highest BCUT2D eigenvalue weighted by Crippen LogP contribution is 2.24. The van der Waals surface area contributed by atoms with E-state index < -0.39 is 0 Å². The van der Waals surface area contributed by atoms with Gasteiger partial charge in [0.1, 0.15) is 11.5 Å². The van der Waals surface area contributed by atoms with E-state index in [-0.39, 0.29) is 24.0 Å². The minimum absolute atomic E-state index is 0. The minimum atomic E-state index is 0. The van der Waals surface area contributed by atoms with E-state index >= 15 is 0 Å². The molecule has 32 heavy (non-hydrogen) atoms. The Morgan fingerprint density at radius 2 is 2.00 bits per heavy atom. The molecule has 3 rings (SSSR count). The molecule has 0 radical (unpaired) electrons. The molecule has 2 heterocycles. The maximum atomic E-state index is 5.81. The Bertz CT molecular complexity index is 826. The summed E-state index contributed by atoms with van der Waals surface area (Å²) in [4.78, 5) is 11.4. The summed E-state index contributed by atoms with van der Waals surface area (Å²) < 4.78 is 16.5. The van der Waals surface area contributed by atoms with Crippen LogP contribution in [0.15, 0.2) is 47.6 Å². The maximum absolute atomic E-state index is 5.81. The van der Waals surface area contributed by atoms with Crippen LogP contribution in [0.3, 0.4) is 0 Å². The van der Waals surface area contributed by atoms with Crippen molar-refractivity contribution in [1.29, 1.82) is 0 Å². The van der Waals surface area contributed by atoms with Crippen LogP contribution in [-0.4, -0.2) is 56.3 Å². The fraction of sp³-hybridized carbons (Fsp3) is 0.500. The Morgan fingerprint density at radius 3 is 2.69 bits per heavy atom. The molecule has 0 unspecified atom stereocenters. The molecule has 1 aromatic carbocycles. The summed E-state index contributed by atoms with van der Waals surface area (Å²) in [6.07, 6.45) is 5.31. The minimum Gasteiger partial charge on any atom is -0.497 e. The van der Waals surface area contributed by atoms with Crippen LogP contribution in [0.2, 0.25) is 0 Å². The molecule has 0 atom stereocenters. The predicted octanol–water partition coefficient (Wildman–Crippen LogP) is 4.71. The van der Waals surface area contributed by atoms with Crippen LogP contribution in [0.4, 0.5) is 0 Å². The molecule has 0 spiro atoms. The van der Waals surface area contributed by atoms with Crippen LogP contribution in [0.25, 0.3) is 0 Å². The normalized spacial score (nSPS) is 14.4. The first-order chi connectivity index (χ1) is 15.2. The number of nitrogens with zero attached hydrogens (tertiary/aromatic N) is 3. The van der Waals surface area contributed by atoms with Crippen molar-refractivity contribution >= 4 is 29.9 Å². The fourth-order valence-electron chi connectivity index (χ4n) is 3.50. The number of halogens is 1. The predicted molar refractivity (Wildman–Crippen MR) is 138 cm³/mol. The van der Waals surface area contributed by atoms with Crippen molar-refractivity contribution in [3.8, 4) is 17.4 Å². The molecule has 1 aliphatic rings. The topological polar surface area (TPSA) is 68.2 Å². The molecule has 1 aliphatic heterocycles. The zero-order chi connectivity index (χ0) is 21.9. The first-order valence-electron chi connectivity index (χ1n) is 11.0. The number of pyridine rings is 1. The SMILES string of the molecule is CCNC(=NCc1ccc(Oc2cccc(OC)c2)nc1)N(C)CCC1CCOCC1.I. The smallest absolute Gasteiger partial charge is 0.219 e. The Morgan fingerprint density at radius 1 is 1.22 bits per heavy atom. The molecule has 1 N–H and O–H groups in total. The number of hydrogen-bond acceptors (Lipinski definition) is 5. The highest BCUT2D eigenvalue weighted by Gasteiger charge is 2.15. The molecule has 0 aliphatic carbocycles. The molecule has 8 heteroatoms. The lowest BCUT2D eigenvalue weighted by Crippen LogP contribution is -2.40. The summed E-state index contributed by atoms with van der Waals surface area (Å²) >= 11 is 0. The van der Waals surface area contributed by atoms with E-state index in [2.05, 4.69) is 29.2 Å². The summed E-state index contributed by atoms with van der Waals surface area (Å²) in [7, 11) is 3.74. The number of methoxy groups -OCH3 is 1. The van der Waals surface area contributed by atoms with E-state index in [1.165, 1.54) is 6.42 Å². The van der Waals surface area contributed by atoms with Gasteiger partial charge in [0.25, 0.3) is 0 Å². The molecular weight excluding hydrogens is 519 g/mol. The second-order valence-corrected chi connectivity index (χ2v) is 7.72. The summed E-state index contributed by atoms with van der Waals surface area (Å²) in [5.74, 6) is 3.66. The summed E-state index contributed by atoms with van der Waals surface area (Å²) in [5.41, 5.74) is 1.03. The van der Waals surface area contributed by atoms with Crippen molar-refractivity contribution in [3.63, 3.8) is 0 Å². The monoisotopic (exact) mass is 554 g/mol. The highest BCUT2D eigenvalue weighted by molar-refractivity contribution is 14.0. The third kappa shape index (κ3) is 8.46. The molecule has 2 aromatic rings. The van der Waals surface area contributed by atoms with Crippen LogP contribution in [-0.2, 0) is 11.3 Å². The van der Waals surface area contributed by atoms with E-state index in [0.29, 0.717) is 18.2 Å². The highest BCUT2D eigenvalue weighted by atomic mass is 127. The van der Waals surface area contributed by atoms with Gasteiger partial charge < -0.3 is 24.4 Å². The molecule has 176 valence electrons. The third-order valence-electron chi connectivity index (χ3n) is 5.38. The molecule has 0 saturated carbocycles. The molecule has 1 aromatic heterocycles. The first-order valence-corrected chi connectivity index (χ1v) is 11.0. The average Bonchev–Trinajstić information content (AvgIpc) is 2.82. The number of aromatic nitrogens is 1. The van der Waals surface area contributed by atoms with Gasteiger partial charge in [0, 0.05) is 51.7 Å². The standard InChI is InChI=1S/C24H34N4O3.HI/c1-4-25-24(28(2)13-10-19-11-14-30-15-12-19)27-18-20-8-9-23(26-17-20)31-22-7-5-6-21(16-22)29-3;/h5-9,16-17,19H,4,10-15,18H2,1-3H3,(H,25,27);1H. The zero-order valence-corrected chi connectivity index (χ0v) is 21.6. The number of benzene rings is 1. The number of ether oxygens (including phenoxy) is 3. The van der Waals surface area contributed by atoms with Crippen LogP contribution in [0, 0.1) is 5.92 Å². The summed E-state index contributed by atoms with van der Waals surface area (Å²) in [6.45, 7) is 6.28. The number of nitrogens with one attached hydrogen (secondary N) is 1. The van der Waals surface area contributed by atoms with Crippen LogP contribution in [0.5, 0.6) is 17.4 Å². The van der Waals surface area contributed by atoms with Crippen molar-refractivity contribution < 1.29 is 14.2 Å². The summed E-state index contributed by atoms with van der Waals surface area (Å²) in [5, 5.41) is 3.39. The lowest BCUT2D eigenvalue weighted by molar-refractivity contribution is 0.0625. The van der Waals surface area contributed by atoms with E-state index in [9.17, 15) is 0 Å². The van der Waals surface area contributed by atoms with Gasteiger partial charge in [-0.1, -0.05) is 12.1 Å². The lowest BCUT2D eigenvalue weighted by Gasteiger charge is -2.26. The van der Waals surface area contributed by atoms with E-state index in [4.69, 9.17) is 19.2 Å². The molecule has 7 nitrogen and oxygen atoms in total. The van der Waals surface area contributed by atoms with Gasteiger partial charge >= 0.3 is 0 Å². The third-order valence-corrected chi connectivity index (χ3v) is 5.38. The largest absolute Gasteiger partial charge is 0.497 e. The van der Waals surface area contributed by atoms with Crippen molar-refractivity contribution in [2.45, 2.75) is 32.7 Å². The number of hydrogen-bond donors (Lipinski definition) is 1. The summed E-state index contributed by atoms with van der Waals surface area (Å²) in [6, 6.07) is 11.3. The quantitative estimate of drug-likeness (QED) is 0.275. The maximum Gasteiger partial charge on any atom is 0.219 e. The van der Waals surface area contributed by atoms with Crippen molar-refractivity contribution in [2.75, 3.05) is 40.5 Å². The van der Waals surface area contributed by atoms with Gasteiger partial charge in [0.2, 0.25) is 5.88 Å². The second-order valence-electron chi connectivity index (χ2n) is 7.72. The van der Waals surface area contributed by atoms with Crippen LogP contribution >= 0.6 is 24.0 Å². The van der Waals surface area contributed by atoms with Gasteiger partial charge in [-0.25, -0.2) is 9.98 Å². The van der Waals surface area contributed by atoms with Gasteiger partial charge in [0.05, 0.1) is 13.7 Å². The lowest BCUT2D eigenvalue weighted by atomic mass is 9.96. The van der Waals surface area contributed by atoms with Crippen molar-refractivity contribution in [2.24, 2.45) is 10.9 Å². The molecular formula is C24H35IN4O3. The Balaban J connectivity index is 0.00000363. The fourth-order valence-corrected chi connectivity index (χ4v) is 3.50. The Kier molecular flexibility index (Phi) is 11.6. The van der Waals surface area contributed by atoms with Crippen molar-refractivity contribution in [1.82, 2.24) is 15.2 Å². The Labute approximate surface area is 208 Å². The van der Waals surface area contributed by atoms with Gasteiger partial charge in [-0.3, -0.25) is 0 Å². The van der Waals surface area contributed by atoms with Crippen LogP contribution < -0.4 is 14.8 Å². The van der Waals surface area contributed by atoms with Gasteiger partial charge in [0.15, 0.2) is 5.96 Å². The first kappa shape index (κ1) is 26.2. The number of guanidine groups is 1. The Hall–Kier alpha value is -2.07. The second kappa shape index (κ2) is 14.2. The van der Waals surface area contributed by atoms with Gasteiger partial charge in [-0.2, -0.15) is 0 Å². The molecule has 0 bridgehead atoms. The number of aliphatic imine (C=N–C) groups is 1. The zero-order valence-electron chi connectivity index (χ0n) is 19.3. The molecule has 1 saturated heterocycles.